The fraction of sp³-hybridized carbons (Fsp3) is 0.385. The molecule has 3 nitrogen and oxygen atoms in total. The van der Waals surface area contributed by atoms with Gasteiger partial charge in [-0.25, -0.2) is 0 Å². The van der Waals surface area contributed by atoms with Crippen LogP contribution in [0.5, 0.6) is 0 Å². The van der Waals surface area contributed by atoms with E-state index < -0.39 is 0 Å². The Kier molecular flexibility index (Phi) is 4.72. The minimum absolute atomic E-state index is 0.653. The van der Waals surface area contributed by atoms with Crippen molar-refractivity contribution in [3.05, 3.63) is 40.8 Å². The molecule has 2 rings (SSSR count). The highest BCUT2D eigenvalue weighted by molar-refractivity contribution is 7.98. The van der Waals surface area contributed by atoms with E-state index in [9.17, 15) is 0 Å². The maximum absolute atomic E-state index is 5.54. The first kappa shape index (κ1) is 13.5. The fourth-order valence-electron chi connectivity index (χ4n) is 1.57. The van der Waals surface area contributed by atoms with Crippen molar-refractivity contribution in [3.63, 3.8) is 0 Å². The van der Waals surface area contributed by atoms with Gasteiger partial charge in [0, 0.05) is 5.75 Å². The predicted octanol–water partition coefficient (Wildman–Crippen LogP) is 3.84. The van der Waals surface area contributed by atoms with Crippen molar-refractivity contribution in [2.24, 2.45) is 0 Å². The lowest BCUT2D eigenvalue weighted by Crippen LogP contribution is -1.87. The number of nitrogens with zero attached hydrogens (tertiary/aromatic N) is 2. The SMILES string of the molecule is CSCc1nnc(SCc2cc(C)ccc2C)o1. The standard InChI is InChI=1S/C13H16N2OS2/c1-9-4-5-10(2)11(6-9)7-18-13-15-14-12(16-13)8-17-3/h4-6H,7-8H2,1-3H3. The molecular formula is C13H16N2OS2. The molecule has 18 heavy (non-hydrogen) atoms. The second-order valence-electron chi connectivity index (χ2n) is 4.11. The van der Waals surface area contributed by atoms with Gasteiger partial charge in [-0.15, -0.1) is 10.2 Å². The van der Waals surface area contributed by atoms with Gasteiger partial charge in [0.1, 0.15) is 0 Å². The van der Waals surface area contributed by atoms with Gasteiger partial charge in [-0.05, 0) is 31.2 Å². The van der Waals surface area contributed by atoms with Gasteiger partial charge in [-0.1, -0.05) is 35.5 Å². The van der Waals surface area contributed by atoms with Crippen LogP contribution in [0.15, 0.2) is 27.8 Å². The first-order valence-corrected chi connectivity index (χ1v) is 8.07. The maximum Gasteiger partial charge on any atom is 0.276 e. The van der Waals surface area contributed by atoms with Crippen molar-refractivity contribution in [2.45, 2.75) is 30.6 Å². The zero-order valence-corrected chi connectivity index (χ0v) is 12.4. The zero-order valence-electron chi connectivity index (χ0n) is 10.8. The van der Waals surface area contributed by atoms with Gasteiger partial charge in [0.25, 0.3) is 5.22 Å². The summed E-state index contributed by atoms with van der Waals surface area (Å²) in [5.74, 6) is 2.34. The van der Waals surface area contributed by atoms with Crippen LogP contribution in [0.25, 0.3) is 0 Å². The molecule has 0 spiro atoms. The molecule has 1 heterocycles. The topological polar surface area (TPSA) is 38.9 Å². The molecular weight excluding hydrogens is 264 g/mol. The summed E-state index contributed by atoms with van der Waals surface area (Å²) in [6, 6.07) is 6.49. The minimum atomic E-state index is 0.653. The van der Waals surface area contributed by atoms with Crippen molar-refractivity contribution in [1.82, 2.24) is 10.2 Å². The number of hydrogen-bond donors (Lipinski definition) is 0. The smallest absolute Gasteiger partial charge is 0.276 e. The molecule has 2 aromatic rings. The Bertz CT molecular complexity index is 525. The number of hydrogen-bond acceptors (Lipinski definition) is 5. The lowest BCUT2D eigenvalue weighted by atomic mass is 10.1. The second kappa shape index (κ2) is 6.29. The lowest BCUT2D eigenvalue weighted by Gasteiger charge is -2.04. The highest BCUT2D eigenvalue weighted by atomic mass is 32.2. The average Bonchev–Trinajstić information content (AvgIpc) is 2.79. The van der Waals surface area contributed by atoms with Crippen LogP contribution in [0.2, 0.25) is 0 Å². The third-order valence-corrected chi connectivity index (χ3v) is 3.97. The second-order valence-corrected chi connectivity index (χ2v) is 5.91. The van der Waals surface area contributed by atoms with E-state index in [0.717, 1.165) is 11.5 Å². The molecule has 0 aliphatic carbocycles. The van der Waals surface area contributed by atoms with E-state index in [1.54, 1.807) is 23.5 Å². The van der Waals surface area contributed by atoms with Crippen LogP contribution in [0.4, 0.5) is 0 Å². The molecule has 0 aliphatic heterocycles. The van der Waals surface area contributed by atoms with Gasteiger partial charge in [0.05, 0.1) is 5.75 Å². The predicted molar refractivity (Wildman–Crippen MR) is 77.0 cm³/mol. The number of aromatic nitrogens is 2. The third kappa shape index (κ3) is 3.53. The van der Waals surface area contributed by atoms with E-state index in [-0.39, 0.29) is 0 Å². The molecule has 0 amide bonds. The minimum Gasteiger partial charge on any atom is -0.415 e. The maximum atomic E-state index is 5.54. The zero-order chi connectivity index (χ0) is 13.0. The Balaban J connectivity index is 1.99. The highest BCUT2D eigenvalue weighted by Gasteiger charge is 2.07. The Morgan fingerprint density at radius 1 is 1.17 bits per heavy atom. The third-order valence-electron chi connectivity index (χ3n) is 2.57. The Morgan fingerprint density at radius 2 is 2.00 bits per heavy atom. The van der Waals surface area contributed by atoms with Crippen LogP contribution in [-0.4, -0.2) is 16.5 Å². The van der Waals surface area contributed by atoms with E-state index in [1.807, 2.05) is 6.26 Å². The van der Waals surface area contributed by atoms with E-state index in [4.69, 9.17) is 4.42 Å². The van der Waals surface area contributed by atoms with Gasteiger partial charge in [0.2, 0.25) is 5.89 Å². The normalized spacial score (nSPS) is 10.8. The summed E-state index contributed by atoms with van der Waals surface area (Å²) in [6.07, 6.45) is 2.02. The molecule has 0 saturated carbocycles. The van der Waals surface area contributed by atoms with Gasteiger partial charge >= 0.3 is 0 Å². The molecule has 0 atom stereocenters. The van der Waals surface area contributed by atoms with E-state index >= 15 is 0 Å². The fourth-order valence-corrected chi connectivity index (χ4v) is 2.78. The number of aryl methyl sites for hydroxylation is 2. The lowest BCUT2D eigenvalue weighted by molar-refractivity contribution is 0.426. The van der Waals surface area contributed by atoms with Crippen molar-refractivity contribution in [3.8, 4) is 0 Å². The van der Waals surface area contributed by atoms with E-state index in [1.165, 1.54) is 16.7 Å². The molecule has 0 fully saturated rings. The van der Waals surface area contributed by atoms with Gasteiger partial charge in [0.15, 0.2) is 0 Å². The van der Waals surface area contributed by atoms with Crippen molar-refractivity contribution in [1.29, 1.82) is 0 Å². The Labute approximate surface area is 116 Å². The first-order valence-electron chi connectivity index (χ1n) is 5.69. The summed E-state index contributed by atoms with van der Waals surface area (Å²) < 4.78 is 5.54. The molecule has 1 aromatic carbocycles. The molecule has 0 saturated heterocycles. The van der Waals surface area contributed by atoms with Gasteiger partial charge in [-0.2, -0.15) is 11.8 Å². The summed E-state index contributed by atoms with van der Waals surface area (Å²) >= 11 is 3.27. The Morgan fingerprint density at radius 3 is 2.78 bits per heavy atom. The molecule has 1 aromatic heterocycles. The molecule has 5 heteroatoms. The average molecular weight is 280 g/mol. The highest BCUT2D eigenvalue weighted by Crippen LogP contribution is 2.24. The van der Waals surface area contributed by atoms with Crippen LogP contribution in [-0.2, 0) is 11.5 Å². The molecule has 0 N–H and O–H groups in total. The van der Waals surface area contributed by atoms with Crippen LogP contribution >= 0.6 is 23.5 Å². The van der Waals surface area contributed by atoms with E-state index in [0.29, 0.717) is 11.1 Å². The van der Waals surface area contributed by atoms with Crippen molar-refractivity contribution < 1.29 is 4.42 Å². The monoisotopic (exact) mass is 280 g/mol. The largest absolute Gasteiger partial charge is 0.415 e. The van der Waals surface area contributed by atoms with Crippen LogP contribution < -0.4 is 0 Å². The quantitative estimate of drug-likeness (QED) is 0.778. The van der Waals surface area contributed by atoms with Crippen LogP contribution in [0, 0.1) is 13.8 Å². The first-order chi connectivity index (χ1) is 8.69. The summed E-state index contributed by atoms with van der Waals surface area (Å²) in [5, 5.41) is 8.69. The molecule has 0 unspecified atom stereocenters. The summed E-state index contributed by atoms with van der Waals surface area (Å²) in [5.41, 5.74) is 3.91. The summed E-state index contributed by atoms with van der Waals surface area (Å²) in [7, 11) is 0. The van der Waals surface area contributed by atoms with Gasteiger partial charge in [-0.3, -0.25) is 0 Å². The Hall–Kier alpha value is -0.940. The number of benzene rings is 1. The van der Waals surface area contributed by atoms with Crippen molar-refractivity contribution >= 4 is 23.5 Å². The molecule has 0 bridgehead atoms. The van der Waals surface area contributed by atoms with Crippen molar-refractivity contribution in [2.75, 3.05) is 6.26 Å². The van der Waals surface area contributed by atoms with E-state index in [2.05, 4.69) is 42.2 Å². The van der Waals surface area contributed by atoms with Crippen LogP contribution in [0.1, 0.15) is 22.6 Å². The number of rotatable bonds is 5. The summed E-state index contributed by atoms with van der Waals surface area (Å²) in [6.45, 7) is 4.24. The van der Waals surface area contributed by atoms with Crippen LogP contribution in [0.3, 0.4) is 0 Å². The summed E-state index contributed by atoms with van der Waals surface area (Å²) in [4.78, 5) is 0. The van der Waals surface area contributed by atoms with Gasteiger partial charge < -0.3 is 4.42 Å². The molecule has 0 aliphatic rings. The number of thioether (sulfide) groups is 2. The molecule has 96 valence electrons. The molecule has 0 radical (unpaired) electrons.